The predicted octanol–water partition coefficient (Wildman–Crippen LogP) is 4.43. The highest BCUT2D eigenvalue weighted by molar-refractivity contribution is 9.10. The maximum absolute atomic E-state index is 5.73. The molecule has 2 aromatic rings. The van der Waals surface area contributed by atoms with E-state index >= 15 is 0 Å². The average molecular weight is 350 g/mol. The Morgan fingerprint density at radius 3 is 2.71 bits per heavy atom. The highest BCUT2D eigenvalue weighted by atomic mass is 79.9. The van der Waals surface area contributed by atoms with Gasteiger partial charge in [0.15, 0.2) is 5.82 Å². The number of hydrogen-bond donors (Lipinski definition) is 1. The van der Waals surface area contributed by atoms with Gasteiger partial charge >= 0.3 is 0 Å². The number of anilines is 1. The predicted molar refractivity (Wildman–Crippen MR) is 89.8 cm³/mol. The number of benzene rings is 1. The Labute approximate surface area is 134 Å². The summed E-state index contributed by atoms with van der Waals surface area (Å²) in [6.45, 7) is 8.84. The van der Waals surface area contributed by atoms with Gasteiger partial charge in [-0.2, -0.15) is 0 Å². The third kappa shape index (κ3) is 3.94. The Balaban J connectivity index is 2.41. The molecule has 0 bridgehead atoms. The number of nitrogens with zero attached hydrogens (tertiary/aromatic N) is 2. The number of rotatable bonds is 5. The minimum Gasteiger partial charge on any atom is -0.491 e. The second kappa shape index (κ2) is 6.89. The standard InChI is InChI=1S/C16H20BrN3O/c1-5-18-16-14(17)11(4)19-15(20-16)12-7-6-8-13(9-12)21-10(2)3/h6-10H,5H2,1-4H3,(H,18,19,20). The highest BCUT2D eigenvalue weighted by Crippen LogP contribution is 2.28. The van der Waals surface area contributed by atoms with Crippen LogP contribution in [0.5, 0.6) is 5.75 Å². The van der Waals surface area contributed by atoms with Crippen molar-refractivity contribution in [3.05, 3.63) is 34.4 Å². The molecular weight excluding hydrogens is 330 g/mol. The van der Waals surface area contributed by atoms with Gasteiger partial charge in [0.2, 0.25) is 0 Å². The summed E-state index contributed by atoms with van der Waals surface area (Å²) >= 11 is 3.52. The summed E-state index contributed by atoms with van der Waals surface area (Å²) in [5, 5.41) is 3.24. The summed E-state index contributed by atoms with van der Waals surface area (Å²) in [5.74, 6) is 2.34. The highest BCUT2D eigenvalue weighted by Gasteiger charge is 2.11. The van der Waals surface area contributed by atoms with E-state index in [4.69, 9.17) is 4.74 Å². The maximum atomic E-state index is 5.73. The Bertz CT molecular complexity index is 629. The van der Waals surface area contributed by atoms with Crippen molar-refractivity contribution in [1.29, 1.82) is 0 Å². The number of aryl methyl sites for hydroxylation is 1. The van der Waals surface area contributed by atoms with E-state index in [1.807, 2.05) is 52.0 Å². The second-order valence-electron chi connectivity index (χ2n) is 5.02. The van der Waals surface area contributed by atoms with Crippen LogP contribution in [0.25, 0.3) is 11.4 Å². The average Bonchev–Trinajstić information content (AvgIpc) is 2.43. The molecule has 0 aliphatic carbocycles. The van der Waals surface area contributed by atoms with Gasteiger partial charge in [0.1, 0.15) is 11.6 Å². The second-order valence-corrected chi connectivity index (χ2v) is 5.81. The first kappa shape index (κ1) is 15.8. The quantitative estimate of drug-likeness (QED) is 0.866. The molecule has 0 aliphatic rings. The fourth-order valence-electron chi connectivity index (χ4n) is 1.95. The lowest BCUT2D eigenvalue weighted by atomic mass is 10.2. The molecule has 0 unspecified atom stereocenters. The molecule has 1 aromatic heterocycles. The summed E-state index contributed by atoms with van der Waals surface area (Å²) in [5.41, 5.74) is 1.86. The summed E-state index contributed by atoms with van der Waals surface area (Å²) in [6, 6.07) is 7.87. The summed E-state index contributed by atoms with van der Waals surface area (Å²) in [6.07, 6.45) is 0.144. The zero-order valence-corrected chi connectivity index (χ0v) is 14.4. The van der Waals surface area contributed by atoms with E-state index in [1.165, 1.54) is 0 Å². The fourth-order valence-corrected chi connectivity index (χ4v) is 2.27. The molecule has 0 saturated heterocycles. The molecule has 5 heteroatoms. The van der Waals surface area contributed by atoms with E-state index in [9.17, 15) is 0 Å². The van der Waals surface area contributed by atoms with Gasteiger partial charge in [-0.25, -0.2) is 9.97 Å². The third-order valence-electron chi connectivity index (χ3n) is 2.83. The van der Waals surface area contributed by atoms with Crippen LogP contribution in [-0.2, 0) is 0 Å². The first-order chi connectivity index (χ1) is 10.0. The molecule has 0 spiro atoms. The van der Waals surface area contributed by atoms with Crippen LogP contribution in [0, 0.1) is 6.92 Å². The molecule has 0 fully saturated rings. The zero-order valence-electron chi connectivity index (χ0n) is 12.8. The van der Waals surface area contributed by atoms with E-state index in [0.717, 1.165) is 33.8 Å². The number of halogens is 1. The molecule has 0 atom stereocenters. The van der Waals surface area contributed by atoms with E-state index in [0.29, 0.717) is 5.82 Å². The third-order valence-corrected chi connectivity index (χ3v) is 3.77. The number of aromatic nitrogens is 2. The normalized spacial score (nSPS) is 10.8. The van der Waals surface area contributed by atoms with Crippen molar-refractivity contribution in [3.63, 3.8) is 0 Å². The van der Waals surface area contributed by atoms with Gasteiger partial charge in [-0.1, -0.05) is 12.1 Å². The van der Waals surface area contributed by atoms with Crippen LogP contribution in [0.3, 0.4) is 0 Å². The van der Waals surface area contributed by atoms with Gasteiger partial charge in [-0.05, 0) is 55.8 Å². The van der Waals surface area contributed by atoms with Crippen LogP contribution < -0.4 is 10.1 Å². The van der Waals surface area contributed by atoms with Crippen molar-refractivity contribution in [2.45, 2.75) is 33.8 Å². The molecule has 1 N–H and O–H groups in total. The SMILES string of the molecule is CCNc1nc(-c2cccc(OC(C)C)c2)nc(C)c1Br. The zero-order chi connectivity index (χ0) is 15.4. The van der Waals surface area contributed by atoms with E-state index in [1.54, 1.807) is 0 Å². The number of hydrogen-bond acceptors (Lipinski definition) is 4. The minimum atomic E-state index is 0.144. The van der Waals surface area contributed by atoms with Gasteiger partial charge in [-0.15, -0.1) is 0 Å². The van der Waals surface area contributed by atoms with Crippen LogP contribution in [0.15, 0.2) is 28.7 Å². The summed E-state index contributed by atoms with van der Waals surface area (Å²) in [7, 11) is 0. The molecule has 2 rings (SSSR count). The van der Waals surface area contributed by atoms with Gasteiger partial charge in [-0.3, -0.25) is 0 Å². The van der Waals surface area contributed by atoms with Crippen molar-refractivity contribution in [3.8, 4) is 17.1 Å². The minimum absolute atomic E-state index is 0.144. The van der Waals surface area contributed by atoms with Crippen molar-refractivity contribution < 1.29 is 4.74 Å². The summed E-state index contributed by atoms with van der Waals surface area (Å²) < 4.78 is 6.63. The van der Waals surface area contributed by atoms with Crippen molar-refractivity contribution in [2.24, 2.45) is 0 Å². The van der Waals surface area contributed by atoms with Gasteiger partial charge < -0.3 is 10.1 Å². The monoisotopic (exact) mass is 349 g/mol. The van der Waals surface area contributed by atoms with Crippen LogP contribution in [0.2, 0.25) is 0 Å². The largest absolute Gasteiger partial charge is 0.491 e. The van der Waals surface area contributed by atoms with E-state index < -0.39 is 0 Å². The molecule has 112 valence electrons. The van der Waals surface area contributed by atoms with Gasteiger partial charge in [0, 0.05) is 12.1 Å². The summed E-state index contributed by atoms with van der Waals surface area (Å²) in [4.78, 5) is 9.14. The lowest BCUT2D eigenvalue weighted by Crippen LogP contribution is -2.06. The lowest BCUT2D eigenvalue weighted by molar-refractivity contribution is 0.242. The van der Waals surface area contributed by atoms with E-state index in [-0.39, 0.29) is 6.10 Å². The first-order valence-corrected chi connectivity index (χ1v) is 7.85. The molecule has 4 nitrogen and oxygen atoms in total. The molecule has 0 aliphatic heterocycles. The molecule has 0 amide bonds. The van der Waals surface area contributed by atoms with Crippen LogP contribution >= 0.6 is 15.9 Å². The molecule has 0 saturated carbocycles. The van der Waals surface area contributed by atoms with Crippen molar-refractivity contribution in [2.75, 3.05) is 11.9 Å². The smallest absolute Gasteiger partial charge is 0.161 e. The Morgan fingerprint density at radius 1 is 1.29 bits per heavy atom. The molecule has 0 radical (unpaired) electrons. The number of ether oxygens (including phenoxy) is 1. The number of nitrogens with one attached hydrogen (secondary N) is 1. The van der Waals surface area contributed by atoms with Crippen LogP contribution in [0.1, 0.15) is 26.5 Å². The van der Waals surface area contributed by atoms with Crippen molar-refractivity contribution in [1.82, 2.24) is 9.97 Å². The molecule has 21 heavy (non-hydrogen) atoms. The first-order valence-electron chi connectivity index (χ1n) is 7.06. The van der Waals surface area contributed by atoms with Gasteiger partial charge in [0.05, 0.1) is 16.3 Å². The Hall–Kier alpha value is -1.62. The molecular formula is C16H20BrN3O. The fraction of sp³-hybridized carbons (Fsp3) is 0.375. The maximum Gasteiger partial charge on any atom is 0.161 e. The Morgan fingerprint density at radius 2 is 2.05 bits per heavy atom. The molecule has 1 aromatic carbocycles. The van der Waals surface area contributed by atoms with Crippen LogP contribution in [-0.4, -0.2) is 22.6 Å². The van der Waals surface area contributed by atoms with Gasteiger partial charge in [0.25, 0.3) is 0 Å². The van der Waals surface area contributed by atoms with Crippen molar-refractivity contribution >= 4 is 21.7 Å². The lowest BCUT2D eigenvalue weighted by Gasteiger charge is -2.12. The van der Waals surface area contributed by atoms with Crippen LogP contribution in [0.4, 0.5) is 5.82 Å². The molecule has 1 heterocycles. The topological polar surface area (TPSA) is 47.0 Å². The van der Waals surface area contributed by atoms with E-state index in [2.05, 4.69) is 31.2 Å². The Kier molecular flexibility index (Phi) is 5.17.